The van der Waals surface area contributed by atoms with Crippen LogP contribution in [0.1, 0.15) is 28.7 Å². The van der Waals surface area contributed by atoms with Crippen LogP contribution in [0.4, 0.5) is 0 Å². The zero-order valence-electron chi connectivity index (χ0n) is 16.2. The van der Waals surface area contributed by atoms with Crippen LogP contribution in [-0.2, 0) is 13.0 Å². The lowest BCUT2D eigenvalue weighted by atomic mass is 10.1. The number of nitrogens with one attached hydrogen (secondary N) is 2. The number of rotatable bonds is 5. The predicted molar refractivity (Wildman–Crippen MR) is 127 cm³/mol. The third-order valence-electron chi connectivity index (χ3n) is 4.43. The average Bonchev–Trinajstić information content (AvgIpc) is 3.35. The predicted octanol–water partition coefficient (Wildman–Crippen LogP) is 4.53. The Morgan fingerprint density at radius 3 is 2.68 bits per heavy atom. The van der Waals surface area contributed by atoms with Gasteiger partial charge < -0.3 is 5.32 Å². The van der Waals surface area contributed by atoms with Crippen LogP contribution in [0.5, 0.6) is 0 Å². The molecular formula is C20H16Cl2N6OS2. The van der Waals surface area contributed by atoms with Crippen molar-refractivity contribution in [3.05, 3.63) is 69.5 Å². The summed E-state index contributed by atoms with van der Waals surface area (Å²) in [6, 6.07) is 12.6. The second-order valence-corrected chi connectivity index (χ2v) is 8.74. The molecule has 4 aromatic rings. The van der Waals surface area contributed by atoms with E-state index in [9.17, 15) is 4.79 Å². The first-order chi connectivity index (χ1) is 14.9. The zero-order valence-corrected chi connectivity index (χ0v) is 19.4. The Balaban J connectivity index is 1.36. The first kappa shape index (κ1) is 21.6. The molecule has 0 bridgehead atoms. The molecule has 0 spiro atoms. The molecule has 11 heteroatoms. The van der Waals surface area contributed by atoms with Gasteiger partial charge in [-0.2, -0.15) is 9.61 Å². The summed E-state index contributed by atoms with van der Waals surface area (Å²) in [5.74, 6) is 0.419. The number of aromatic nitrogens is 4. The van der Waals surface area contributed by atoms with E-state index in [-0.39, 0.29) is 10.7 Å². The van der Waals surface area contributed by atoms with E-state index >= 15 is 0 Å². The topological polar surface area (TPSA) is 84.2 Å². The molecule has 7 nitrogen and oxygen atoms in total. The fraction of sp³-hybridized carbons (Fsp3) is 0.150. The highest BCUT2D eigenvalue weighted by atomic mass is 35.5. The van der Waals surface area contributed by atoms with Gasteiger partial charge in [0.25, 0.3) is 5.91 Å². The molecule has 1 amide bonds. The van der Waals surface area contributed by atoms with Crippen molar-refractivity contribution in [3.8, 4) is 10.6 Å². The number of aryl methyl sites for hydroxylation is 1. The molecule has 158 valence electrons. The van der Waals surface area contributed by atoms with Gasteiger partial charge in [0.05, 0.1) is 10.6 Å². The highest BCUT2D eigenvalue weighted by molar-refractivity contribution is 7.80. The van der Waals surface area contributed by atoms with Gasteiger partial charge in [0.2, 0.25) is 4.96 Å². The average molecular weight is 491 g/mol. The minimum absolute atomic E-state index is 0.200. The van der Waals surface area contributed by atoms with Gasteiger partial charge in [-0.3, -0.25) is 10.1 Å². The van der Waals surface area contributed by atoms with Gasteiger partial charge in [-0.1, -0.05) is 65.7 Å². The molecule has 0 saturated carbocycles. The van der Waals surface area contributed by atoms with Crippen molar-refractivity contribution in [1.29, 1.82) is 0 Å². The van der Waals surface area contributed by atoms with E-state index in [1.807, 2.05) is 31.2 Å². The molecule has 0 saturated heterocycles. The first-order valence-electron chi connectivity index (χ1n) is 9.29. The van der Waals surface area contributed by atoms with Crippen molar-refractivity contribution >= 4 is 62.7 Å². The minimum Gasteiger partial charge on any atom is -0.358 e. The fourth-order valence-electron chi connectivity index (χ4n) is 2.83. The van der Waals surface area contributed by atoms with Crippen LogP contribution in [0.3, 0.4) is 0 Å². The van der Waals surface area contributed by atoms with E-state index in [1.54, 1.807) is 16.6 Å². The summed E-state index contributed by atoms with van der Waals surface area (Å²) in [4.78, 5) is 13.1. The molecule has 0 aliphatic carbocycles. The third kappa shape index (κ3) is 4.85. The van der Waals surface area contributed by atoms with Crippen molar-refractivity contribution in [2.45, 2.75) is 19.9 Å². The maximum absolute atomic E-state index is 12.3. The van der Waals surface area contributed by atoms with Gasteiger partial charge >= 0.3 is 0 Å². The number of hydrogen-bond donors (Lipinski definition) is 2. The molecule has 2 heterocycles. The Kier molecular flexibility index (Phi) is 6.47. The summed E-state index contributed by atoms with van der Waals surface area (Å²) in [6.45, 7) is 2.47. The van der Waals surface area contributed by atoms with Crippen LogP contribution < -0.4 is 10.6 Å². The van der Waals surface area contributed by atoms with Crippen LogP contribution in [0, 0.1) is 0 Å². The second kappa shape index (κ2) is 9.27. The van der Waals surface area contributed by atoms with Gasteiger partial charge in [0, 0.05) is 23.6 Å². The number of fused-ring (bicyclic) bond motifs is 1. The van der Waals surface area contributed by atoms with Gasteiger partial charge in [0.15, 0.2) is 10.9 Å². The molecule has 0 aliphatic rings. The van der Waals surface area contributed by atoms with E-state index in [2.05, 4.69) is 25.9 Å². The van der Waals surface area contributed by atoms with E-state index in [0.29, 0.717) is 16.6 Å². The highest BCUT2D eigenvalue weighted by Crippen LogP contribution is 2.26. The fourth-order valence-corrected chi connectivity index (χ4v) is 4.23. The zero-order chi connectivity index (χ0) is 22.0. The van der Waals surface area contributed by atoms with Crippen molar-refractivity contribution in [2.75, 3.05) is 0 Å². The van der Waals surface area contributed by atoms with Gasteiger partial charge in [-0.15, -0.1) is 10.2 Å². The molecule has 31 heavy (non-hydrogen) atoms. The summed E-state index contributed by atoms with van der Waals surface area (Å²) in [5.41, 5.74) is 2.25. The summed E-state index contributed by atoms with van der Waals surface area (Å²) < 4.78 is 1.78. The number of carbonyl (C=O) groups is 1. The Bertz CT molecular complexity index is 1270. The molecule has 2 aromatic heterocycles. The molecule has 0 aliphatic heterocycles. The second-order valence-electron chi connectivity index (χ2n) is 6.53. The molecule has 0 radical (unpaired) electrons. The summed E-state index contributed by atoms with van der Waals surface area (Å²) >= 11 is 18.7. The van der Waals surface area contributed by atoms with E-state index in [0.717, 1.165) is 33.3 Å². The number of halogens is 2. The lowest BCUT2D eigenvalue weighted by Gasteiger charge is -2.11. The third-order valence-corrected chi connectivity index (χ3v) is 6.18. The largest absolute Gasteiger partial charge is 0.358 e. The maximum Gasteiger partial charge on any atom is 0.258 e. The Morgan fingerprint density at radius 1 is 1.16 bits per heavy atom. The van der Waals surface area contributed by atoms with Crippen LogP contribution in [0.2, 0.25) is 10.0 Å². The first-order valence-corrected chi connectivity index (χ1v) is 11.3. The van der Waals surface area contributed by atoms with Crippen molar-refractivity contribution in [1.82, 2.24) is 30.4 Å². The summed E-state index contributed by atoms with van der Waals surface area (Å²) in [5, 5.41) is 20.3. The van der Waals surface area contributed by atoms with Crippen LogP contribution in [-0.4, -0.2) is 30.8 Å². The van der Waals surface area contributed by atoms with Crippen molar-refractivity contribution < 1.29 is 4.79 Å². The van der Waals surface area contributed by atoms with Crippen LogP contribution >= 0.6 is 46.8 Å². The van der Waals surface area contributed by atoms with E-state index in [1.165, 1.54) is 17.4 Å². The maximum atomic E-state index is 12.3. The summed E-state index contributed by atoms with van der Waals surface area (Å²) in [7, 11) is 0. The number of amides is 1. The Hall–Kier alpha value is -2.59. The smallest absolute Gasteiger partial charge is 0.258 e. The standard InChI is InChI=1S/C20H16Cl2N6OS2/c1-2-16-25-26-20-28(16)27-18(31-20)12-5-3-11(4-6-12)10-23-19(30)24-17(29)14-9-13(21)7-8-15(14)22/h3-9H,2,10H2,1H3,(H2,23,24,29,30). The highest BCUT2D eigenvalue weighted by Gasteiger charge is 2.13. The number of hydrogen-bond acceptors (Lipinski definition) is 6. The van der Waals surface area contributed by atoms with Gasteiger partial charge in [-0.05, 0) is 36.0 Å². The van der Waals surface area contributed by atoms with Crippen LogP contribution in [0.15, 0.2) is 42.5 Å². The van der Waals surface area contributed by atoms with Crippen molar-refractivity contribution in [2.24, 2.45) is 0 Å². The molecule has 0 fully saturated rings. The normalized spacial score (nSPS) is 10.9. The quantitative estimate of drug-likeness (QED) is 0.400. The summed E-state index contributed by atoms with van der Waals surface area (Å²) in [6.07, 6.45) is 0.773. The van der Waals surface area contributed by atoms with Crippen LogP contribution in [0.25, 0.3) is 15.5 Å². The lowest BCUT2D eigenvalue weighted by Crippen LogP contribution is -2.38. The Morgan fingerprint density at radius 2 is 1.94 bits per heavy atom. The number of benzene rings is 2. The number of nitrogens with zero attached hydrogens (tertiary/aromatic N) is 4. The Labute approximate surface area is 197 Å². The minimum atomic E-state index is -0.421. The molecule has 2 aromatic carbocycles. The van der Waals surface area contributed by atoms with Gasteiger partial charge in [0.1, 0.15) is 5.01 Å². The lowest BCUT2D eigenvalue weighted by molar-refractivity contribution is 0.0977. The molecule has 0 unspecified atom stereocenters. The monoisotopic (exact) mass is 490 g/mol. The molecule has 0 atom stereocenters. The molecule has 4 rings (SSSR count). The SMILES string of the molecule is CCc1nnc2sc(-c3ccc(CNC(=S)NC(=O)c4cc(Cl)ccc4Cl)cc3)nn12. The van der Waals surface area contributed by atoms with Crippen molar-refractivity contribution in [3.63, 3.8) is 0 Å². The molecular weight excluding hydrogens is 475 g/mol. The van der Waals surface area contributed by atoms with E-state index in [4.69, 9.17) is 35.4 Å². The number of thiocarbonyl (C=S) groups is 1. The van der Waals surface area contributed by atoms with Gasteiger partial charge in [-0.25, -0.2) is 0 Å². The van der Waals surface area contributed by atoms with E-state index < -0.39 is 5.91 Å². The molecule has 2 N–H and O–H groups in total. The number of carbonyl (C=O) groups excluding carboxylic acids is 1.